The fourth-order valence-electron chi connectivity index (χ4n) is 10.7. The molecule has 0 spiro atoms. The Morgan fingerprint density at radius 3 is 2.36 bits per heavy atom. The molecule has 418 valence electrons. The zero-order valence-corrected chi connectivity index (χ0v) is 44.1. The fraction of sp³-hybridized carbons (Fsp3) is 0.509. The summed E-state index contributed by atoms with van der Waals surface area (Å²) in [5, 5.41) is 18.5. The van der Waals surface area contributed by atoms with Crippen molar-refractivity contribution in [1.82, 2.24) is 30.4 Å². The Labute approximate surface area is 448 Å². The van der Waals surface area contributed by atoms with E-state index in [-0.39, 0.29) is 81.1 Å². The first-order valence-corrected chi connectivity index (χ1v) is 26.3. The predicted octanol–water partition coefficient (Wildman–Crippen LogP) is 3.48. The van der Waals surface area contributed by atoms with E-state index >= 15 is 4.39 Å². The molecule has 3 aliphatic heterocycles. The minimum Gasteiger partial charge on any atom is -0.481 e. The number of carbonyl (C=O) groups is 7. The number of aromatic nitrogens is 2. The number of likely N-dealkylation sites (tertiary alicyclic amines) is 1. The molecule has 0 unspecified atom stereocenters. The first-order valence-electron chi connectivity index (χ1n) is 26.3. The number of benzene rings is 2. The van der Waals surface area contributed by atoms with Gasteiger partial charge < -0.3 is 64.7 Å². The number of alkyl carbamates (subject to hydrolysis) is 1. The van der Waals surface area contributed by atoms with Crippen molar-refractivity contribution in [3.8, 4) is 11.4 Å². The Hall–Kier alpha value is -7.34. The van der Waals surface area contributed by atoms with Gasteiger partial charge in [-0.25, -0.2) is 23.8 Å². The highest BCUT2D eigenvalue weighted by molar-refractivity contribution is 5.97. The molecule has 5 atom stereocenters. The van der Waals surface area contributed by atoms with Crippen molar-refractivity contribution in [1.29, 1.82) is 0 Å². The van der Waals surface area contributed by atoms with Gasteiger partial charge in [-0.3, -0.25) is 24.0 Å². The third-order valence-corrected chi connectivity index (χ3v) is 14.7. The summed E-state index contributed by atoms with van der Waals surface area (Å²) in [7, 11) is 0. The molecule has 2 aromatic heterocycles. The molecule has 1 aliphatic carbocycles. The van der Waals surface area contributed by atoms with Crippen molar-refractivity contribution >= 4 is 52.6 Å². The maximum Gasteiger partial charge on any atom is 0.407 e. The Morgan fingerprint density at radius 1 is 0.949 bits per heavy atom. The number of nitrogens with one attached hydrogen (secondary N) is 3. The van der Waals surface area contributed by atoms with E-state index in [1.54, 1.807) is 33.8 Å². The molecule has 22 nitrogen and oxygen atoms in total. The highest BCUT2D eigenvalue weighted by Gasteiger charge is 2.52. The van der Waals surface area contributed by atoms with Gasteiger partial charge in [-0.15, -0.1) is 0 Å². The summed E-state index contributed by atoms with van der Waals surface area (Å²) in [6.45, 7) is 8.00. The average Bonchev–Trinajstić information content (AvgIpc) is 4.22. The smallest absolute Gasteiger partial charge is 0.407 e. The van der Waals surface area contributed by atoms with Crippen molar-refractivity contribution < 1.29 is 71.5 Å². The number of cyclic esters (lactones) is 1. The summed E-state index contributed by atoms with van der Waals surface area (Å²) in [4.78, 5) is 116. The lowest BCUT2D eigenvalue weighted by Crippen LogP contribution is -2.57. The number of ether oxygens (including phenoxy) is 6. The number of hydrogen-bond acceptors (Lipinski definition) is 16. The number of amides is 4. The molecule has 6 N–H and O–H groups in total. The molecule has 0 radical (unpaired) electrons. The van der Waals surface area contributed by atoms with Crippen LogP contribution in [0.4, 0.5) is 9.18 Å². The largest absolute Gasteiger partial charge is 0.481 e. The summed E-state index contributed by atoms with van der Waals surface area (Å²) >= 11 is 0. The number of halogens is 1. The lowest BCUT2D eigenvalue weighted by molar-refractivity contribution is -0.191. The number of esters is 2. The van der Waals surface area contributed by atoms with Crippen LogP contribution in [-0.4, -0.2) is 132 Å². The number of carbonyl (C=O) groups excluding carboxylic acids is 6. The van der Waals surface area contributed by atoms with Crippen LogP contribution in [0.3, 0.4) is 0 Å². The number of nitrogens with zero attached hydrogens (tertiary/aromatic N) is 3. The number of hydrogen-bond donors (Lipinski definition) is 5. The molecule has 4 aromatic rings. The SMILES string of the molecule is CC[C@@]1(OC(=O)[C@@H](NC(=O)[C@@H]2CCCN2C(=O)[C@H](CC(=O)O)NC(=O)CCOCCOCCOCCN)C(C)C)C(=O)OCc2c1cc1n(c2=O)Cc2c-1nc1cc(F)c(C)c3c1c2[C@@H](NC(=O)OCc1ccccc1)CC3. The first kappa shape index (κ1) is 56.9. The third kappa shape index (κ3) is 12.0. The van der Waals surface area contributed by atoms with Gasteiger partial charge in [0, 0.05) is 42.1 Å². The van der Waals surface area contributed by atoms with E-state index < -0.39 is 102 Å². The minimum atomic E-state index is -2.20. The van der Waals surface area contributed by atoms with Crippen molar-refractivity contribution in [2.75, 3.05) is 52.7 Å². The van der Waals surface area contributed by atoms with Crippen LogP contribution in [0.5, 0.6) is 0 Å². The first-order chi connectivity index (χ1) is 37.5. The number of fused-ring (bicyclic) bond motifs is 5. The number of nitrogens with two attached hydrogens (primary N) is 1. The number of carboxylic acids is 1. The summed E-state index contributed by atoms with van der Waals surface area (Å²) in [6, 6.07) is 7.30. The van der Waals surface area contributed by atoms with Crippen LogP contribution in [0.25, 0.3) is 22.3 Å². The van der Waals surface area contributed by atoms with E-state index in [1.807, 2.05) is 30.3 Å². The molecular formula is C55H66FN7O15. The Kier molecular flexibility index (Phi) is 18.2. The Balaban J connectivity index is 1.00. The van der Waals surface area contributed by atoms with Gasteiger partial charge in [-0.1, -0.05) is 51.1 Å². The number of aliphatic carboxylic acids is 1. The van der Waals surface area contributed by atoms with Crippen molar-refractivity contribution in [3.05, 3.63) is 97.6 Å². The zero-order chi connectivity index (χ0) is 55.8. The quantitative estimate of drug-likeness (QED) is 0.0336. The van der Waals surface area contributed by atoms with Crippen LogP contribution >= 0.6 is 0 Å². The molecule has 5 heterocycles. The molecule has 0 saturated carbocycles. The van der Waals surface area contributed by atoms with Crippen LogP contribution < -0.4 is 27.2 Å². The molecule has 4 aliphatic rings. The third-order valence-electron chi connectivity index (χ3n) is 14.7. The van der Waals surface area contributed by atoms with Gasteiger partial charge in [0.15, 0.2) is 0 Å². The highest BCUT2D eigenvalue weighted by Crippen LogP contribution is 2.47. The number of aryl methyl sites for hydroxylation is 1. The molecule has 1 saturated heterocycles. The fourth-order valence-corrected chi connectivity index (χ4v) is 10.7. The second kappa shape index (κ2) is 25.0. The molecule has 4 amide bonds. The van der Waals surface area contributed by atoms with E-state index in [0.717, 1.165) is 11.1 Å². The van der Waals surface area contributed by atoms with Crippen molar-refractivity contribution in [2.24, 2.45) is 11.7 Å². The van der Waals surface area contributed by atoms with Crippen molar-refractivity contribution in [2.45, 2.75) is 122 Å². The Bertz CT molecular complexity index is 3020. The Morgan fingerprint density at radius 2 is 1.67 bits per heavy atom. The van der Waals surface area contributed by atoms with Crippen LogP contribution in [0, 0.1) is 18.7 Å². The van der Waals surface area contributed by atoms with E-state index in [1.165, 1.54) is 15.5 Å². The van der Waals surface area contributed by atoms with Crippen LogP contribution in [0.2, 0.25) is 0 Å². The second-order valence-corrected chi connectivity index (χ2v) is 20.0. The predicted molar refractivity (Wildman–Crippen MR) is 276 cm³/mol. The van der Waals surface area contributed by atoms with Gasteiger partial charge >= 0.3 is 24.0 Å². The van der Waals surface area contributed by atoms with Crippen LogP contribution in [0.1, 0.15) is 104 Å². The highest BCUT2D eigenvalue weighted by atomic mass is 19.1. The maximum atomic E-state index is 15.7. The van der Waals surface area contributed by atoms with Gasteiger partial charge in [0.05, 0.1) is 81.1 Å². The average molecular weight is 1080 g/mol. The van der Waals surface area contributed by atoms with Gasteiger partial charge in [0.1, 0.15) is 37.2 Å². The van der Waals surface area contributed by atoms with Crippen LogP contribution in [0.15, 0.2) is 47.3 Å². The standard InChI is InChI=1S/C55H66FN7O15/c1-5-55(78-52(70)47(30(2)3)61-49(67)41-12-9-17-62(41)51(69)40(26-44(65)66)58-43(64)15-18-73-20-22-75-23-21-74-19-16-57)36-24-42-48-34(27-63(42)50(68)35(36)29-76-53(55)71)46-38(60-54(72)77-28-32-10-7-6-8-11-32)14-13-33-31(4)37(56)25-39(59-48)45(33)46/h6-8,10-11,24-25,30,38,40-41,47H,5,9,12-23,26-29,57H2,1-4H3,(H,58,64)(H,60,72)(H,61,67)(H,65,66)/t38-,40-,41-,47-,55-/m0/s1. The maximum absolute atomic E-state index is 15.7. The number of carboxylic acid groups (broad SMARTS) is 1. The van der Waals surface area contributed by atoms with Crippen LogP contribution in [-0.2, 0) is 89.0 Å². The number of rotatable bonds is 24. The molecule has 0 bridgehead atoms. The lowest BCUT2D eigenvalue weighted by Gasteiger charge is -2.37. The van der Waals surface area contributed by atoms with E-state index in [2.05, 4.69) is 16.0 Å². The minimum absolute atomic E-state index is 0.000242. The summed E-state index contributed by atoms with van der Waals surface area (Å²) < 4.78 is 50.6. The summed E-state index contributed by atoms with van der Waals surface area (Å²) in [5.41, 5.74) is 6.74. The normalized spacial score (nSPS) is 18.8. The molecular weight excluding hydrogens is 1020 g/mol. The molecule has 2 aromatic carbocycles. The zero-order valence-electron chi connectivity index (χ0n) is 44.1. The summed E-state index contributed by atoms with van der Waals surface area (Å²) in [5.74, 6) is -6.77. The van der Waals surface area contributed by atoms with Gasteiger partial charge in [-0.05, 0) is 73.3 Å². The number of pyridine rings is 2. The second-order valence-electron chi connectivity index (χ2n) is 20.0. The van der Waals surface area contributed by atoms with E-state index in [9.17, 15) is 43.5 Å². The topological polar surface area (TPSA) is 295 Å². The van der Waals surface area contributed by atoms with E-state index in [0.29, 0.717) is 73.4 Å². The van der Waals surface area contributed by atoms with Crippen molar-refractivity contribution in [3.63, 3.8) is 0 Å². The van der Waals surface area contributed by atoms with Gasteiger partial charge in [0.25, 0.3) is 5.56 Å². The molecule has 23 heteroatoms. The molecule has 1 fully saturated rings. The van der Waals surface area contributed by atoms with Gasteiger partial charge in [0.2, 0.25) is 23.3 Å². The molecule has 78 heavy (non-hydrogen) atoms. The summed E-state index contributed by atoms with van der Waals surface area (Å²) in [6.07, 6.45) is -0.567. The lowest BCUT2D eigenvalue weighted by atomic mass is 9.81. The van der Waals surface area contributed by atoms with Gasteiger partial charge in [-0.2, -0.15) is 0 Å². The van der Waals surface area contributed by atoms with E-state index in [4.69, 9.17) is 39.1 Å². The monoisotopic (exact) mass is 1080 g/mol. The molecule has 8 rings (SSSR count).